The van der Waals surface area contributed by atoms with Crippen molar-refractivity contribution in [1.82, 2.24) is 20.5 Å². The van der Waals surface area contributed by atoms with Crippen molar-refractivity contribution in [2.75, 3.05) is 57.4 Å². The number of halogens is 1. The number of piperidine rings is 1. The number of carboxylic acid groups (broad SMARTS) is 1. The summed E-state index contributed by atoms with van der Waals surface area (Å²) >= 11 is 6.14. The summed E-state index contributed by atoms with van der Waals surface area (Å²) in [5.74, 6) is 0.459. The van der Waals surface area contributed by atoms with Gasteiger partial charge in [0.1, 0.15) is 11.0 Å². The number of nitrogens with one attached hydrogen (secondary N) is 2. The van der Waals surface area contributed by atoms with E-state index >= 15 is 0 Å². The van der Waals surface area contributed by atoms with Gasteiger partial charge in [-0.2, -0.15) is 0 Å². The zero-order chi connectivity index (χ0) is 19.9. The van der Waals surface area contributed by atoms with Gasteiger partial charge in [0.2, 0.25) is 0 Å². The predicted molar refractivity (Wildman–Crippen MR) is 105 cm³/mol. The molecule has 0 aliphatic carbocycles. The molecule has 0 saturated carbocycles. The average molecular weight is 412 g/mol. The first kappa shape index (κ1) is 20.6. The summed E-state index contributed by atoms with van der Waals surface area (Å²) in [6, 6.07) is 3.24. The van der Waals surface area contributed by atoms with Gasteiger partial charge in [0.15, 0.2) is 0 Å². The van der Waals surface area contributed by atoms with E-state index in [9.17, 15) is 9.59 Å². The fraction of sp³-hybridized carbons (Fsp3) is 0.611. The maximum absolute atomic E-state index is 12.5. The molecule has 0 spiro atoms. The number of hydrogen-bond acceptors (Lipinski definition) is 6. The standard InChI is InChI=1S/C18H26ClN5O4/c19-15-11-13(17(25)20-3-6-23-7-9-28-10-8-23)12-16(22-15)24-4-1-14(2-5-24)21-18(26)27/h11-12,14,21H,1-10H2,(H,20,25)(H,26,27). The Balaban J connectivity index is 1.53. The molecule has 3 rings (SSSR count). The van der Waals surface area contributed by atoms with E-state index in [-0.39, 0.29) is 17.1 Å². The first-order chi connectivity index (χ1) is 13.5. The molecule has 2 amide bonds. The number of morpholine rings is 1. The fourth-order valence-electron chi connectivity index (χ4n) is 3.46. The average Bonchev–Trinajstić information content (AvgIpc) is 2.68. The third kappa shape index (κ3) is 5.95. The highest BCUT2D eigenvalue weighted by atomic mass is 35.5. The fourth-order valence-corrected chi connectivity index (χ4v) is 3.66. The molecule has 3 heterocycles. The van der Waals surface area contributed by atoms with Gasteiger partial charge in [-0.05, 0) is 25.0 Å². The molecule has 0 radical (unpaired) electrons. The van der Waals surface area contributed by atoms with E-state index in [2.05, 4.69) is 20.5 Å². The summed E-state index contributed by atoms with van der Waals surface area (Å²) in [6.07, 6.45) is 0.360. The number of aromatic nitrogens is 1. The Morgan fingerprint density at radius 3 is 2.61 bits per heavy atom. The lowest BCUT2D eigenvalue weighted by Crippen LogP contribution is -2.44. The molecule has 0 bridgehead atoms. The second-order valence-corrected chi connectivity index (χ2v) is 7.34. The number of hydrogen-bond donors (Lipinski definition) is 3. The number of ether oxygens (including phenoxy) is 1. The van der Waals surface area contributed by atoms with Crippen LogP contribution in [0.1, 0.15) is 23.2 Å². The van der Waals surface area contributed by atoms with Gasteiger partial charge in [0.25, 0.3) is 5.91 Å². The molecule has 2 aliphatic heterocycles. The van der Waals surface area contributed by atoms with Crippen molar-refractivity contribution < 1.29 is 19.4 Å². The lowest BCUT2D eigenvalue weighted by Gasteiger charge is -2.32. The van der Waals surface area contributed by atoms with E-state index in [0.29, 0.717) is 43.9 Å². The number of nitrogens with zero attached hydrogens (tertiary/aromatic N) is 3. The lowest BCUT2D eigenvalue weighted by atomic mass is 10.1. The highest BCUT2D eigenvalue weighted by Gasteiger charge is 2.22. The molecular formula is C18H26ClN5O4. The molecular weight excluding hydrogens is 386 g/mol. The molecule has 28 heavy (non-hydrogen) atoms. The van der Waals surface area contributed by atoms with Crippen molar-refractivity contribution >= 4 is 29.4 Å². The van der Waals surface area contributed by atoms with E-state index in [1.54, 1.807) is 12.1 Å². The van der Waals surface area contributed by atoms with Gasteiger partial charge in [-0.15, -0.1) is 0 Å². The third-order valence-corrected chi connectivity index (χ3v) is 5.20. The van der Waals surface area contributed by atoms with Gasteiger partial charge < -0.3 is 25.4 Å². The molecule has 0 unspecified atom stereocenters. The van der Waals surface area contributed by atoms with Crippen molar-refractivity contribution in [2.45, 2.75) is 18.9 Å². The Labute approximate surface area is 169 Å². The topological polar surface area (TPSA) is 107 Å². The normalized spacial score (nSPS) is 18.7. The van der Waals surface area contributed by atoms with Crippen LogP contribution in [0.3, 0.4) is 0 Å². The number of rotatable bonds is 6. The van der Waals surface area contributed by atoms with Crippen molar-refractivity contribution in [3.63, 3.8) is 0 Å². The minimum atomic E-state index is -1.00. The van der Waals surface area contributed by atoms with E-state index in [1.165, 1.54) is 0 Å². The maximum Gasteiger partial charge on any atom is 0.404 e. The first-order valence-corrected chi connectivity index (χ1v) is 9.89. The number of anilines is 1. The summed E-state index contributed by atoms with van der Waals surface area (Å²) in [4.78, 5) is 31.9. The highest BCUT2D eigenvalue weighted by Crippen LogP contribution is 2.22. The summed E-state index contributed by atoms with van der Waals surface area (Å²) < 4.78 is 5.32. The molecule has 2 fully saturated rings. The molecule has 2 aliphatic rings. The Morgan fingerprint density at radius 1 is 1.21 bits per heavy atom. The van der Waals surface area contributed by atoms with Crippen LogP contribution < -0.4 is 15.5 Å². The van der Waals surface area contributed by atoms with Crippen LogP contribution in [0.5, 0.6) is 0 Å². The zero-order valence-corrected chi connectivity index (χ0v) is 16.5. The Hall–Kier alpha value is -2.10. The van der Waals surface area contributed by atoms with Gasteiger partial charge in [-0.1, -0.05) is 11.6 Å². The monoisotopic (exact) mass is 411 g/mol. The van der Waals surface area contributed by atoms with Crippen LogP contribution >= 0.6 is 11.6 Å². The third-order valence-electron chi connectivity index (χ3n) is 5.01. The SMILES string of the molecule is O=C(O)NC1CCN(c2cc(C(=O)NCCN3CCOCC3)cc(Cl)n2)CC1. The quantitative estimate of drug-likeness (QED) is 0.600. The van der Waals surface area contributed by atoms with Crippen LogP contribution in [-0.4, -0.2) is 85.5 Å². The van der Waals surface area contributed by atoms with Crippen molar-refractivity contribution in [3.05, 3.63) is 22.8 Å². The molecule has 1 aromatic rings. The summed E-state index contributed by atoms with van der Waals surface area (Å²) in [7, 11) is 0. The molecule has 154 valence electrons. The van der Waals surface area contributed by atoms with E-state index < -0.39 is 6.09 Å². The molecule has 3 N–H and O–H groups in total. The molecule has 9 nitrogen and oxygen atoms in total. The van der Waals surface area contributed by atoms with Crippen molar-refractivity contribution in [3.8, 4) is 0 Å². The Bertz CT molecular complexity index is 691. The van der Waals surface area contributed by atoms with E-state index in [4.69, 9.17) is 21.4 Å². The van der Waals surface area contributed by atoms with Crippen LogP contribution in [0.4, 0.5) is 10.6 Å². The van der Waals surface area contributed by atoms with Gasteiger partial charge in [0, 0.05) is 50.9 Å². The number of carbonyl (C=O) groups is 2. The molecule has 10 heteroatoms. The van der Waals surface area contributed by atoms with Gasteiger partial charge in [-0.3, -0.25) is 9.69 Å². The molecule has 0 atom stereocenters. The zero-order valence-electron chi connectivity index (χ0n) is 15.7. The molecule has 0 aromatic carbocycles. The number of amides is 2. The van der Waals surface area contributed by atoms with E-state index in [1.807, 2.05) is 4.90 Å². The van der Waals surface area contributed by atoms with Gasteiger partial charge >= 0.3 is 6.09 Å². The predicted octanol–water partition coefficient (Wildman–Crippen LogP) is 1.03. The maximum atomic E-state index is 12.5. The summed E-state index contributed by atoms with van der Waals surface area (Å²) in [5, 5.41) is 14.5. The second-order valence-electron chi connectivity index (χ2n) is 6.96. The van der Waals surface area contributed by atoms with Crippen molar-refractivity contribution in [2.24, 2.45) is 0 Å². The smallest absolute Gasteiger partial charge is 0.404 e. The number of pyridine rings is 1. The Kier molecular flexibility index (Phi) is 7.30. The van der Waals surface area contributed by atoms with Gasteiger partial charge in [-0.25, -0.2) is 9.78 Å². The Morgan fingerprint density at radius 2 is 1.93 bits per heavy atom. The summed E-state index contributed by atoms with van der Waals surface area (Å²) in [5.41, 5.74) is 0.475. The first-order valence-electron chi connectivity index (χ1n) is 9.51. The van der Waals surface area contributed by atoms with Crippen LogP contribution in [0.15, 0.2) is 12.1 Å². The van der Waals surface area contributed by atoms with Gasteiger partial charge in [0.05, 0.1) is 13.2 Å². The molecule has 1 aromatic heterocycles. The number of carbonyl (C=O) groups excluding carboxylic acids is 1. The lowest BCUT2D eigenvalue weighted by molar-refractivity contribution is 0.0383. The van der Waals surface area contributed by atoms with Crippen LogP contribution in [0.25, 0.3) is 0 Å². The minimum absolute atomic E-state index is 0.0594. The van der Waals surface area contributed by atoms with Crippen LogP contribution in [0, 0.1) is 0 Å². The van der Waals surface area contributed by atoms with Crippen LogP contribution in [-0.2, 0) is 4.74 Å². The second kappa shape index (κ2) is 9.90. The largest absolute Gasteiger partial charge is 0.465 e. The highest BCUT2D eigenvalue weighted by molar-refractivity contribution is 6.29. The van der Waals surface area contributed by atoms with Crippen LogP contribution in [0.2, 0.25) is 5.15 Å². The minimum Gasteiger partial charge on any atom is -0.465 e. The van der Waals surface area contributed by atoms with Crippen molar-refractivity contribution in [1.29, 1.82) is 0 Å². The van der Waals surface area contributed by atoms with E-state index in [0.717, 1.165) is 32.8 Å². The molecule has 2 saturated heterocycles. The summed E-state index contributed by atoms with van der Waals surface area (Å²) in [6.45, 7) is 5.87.